The van der Waals surface area contributed by atoms with Crippen LogP contribution in [0, 0.1) is 6.92 Å². The molecule has 0 saturated carbocycles. The Morgan fingerprint density at radius 3 is 2.95 bits per heavy atom. The van der Waals surface area contributed by atoms with Crippen LogP contribution < -0.4 is 0 Å². The second kappa shape index (κ2) is 5.99. The first-order chi connectivity index (χ1) is 9.13. The minimum atomic E-state index is -0.998. The van der Waals surface area contributed by atoms with Gasteiger partial charge in [-0.05, 0) is 18.4 Å². The van der Waals surface area contributed by atoms with Crippen molar-refractivity contribution in [1.29, 1.82) is 0 Å². The summed E-state index contributed by atoms with van der Waals surface area (Å²) in [5.41, 5.74) is 0.657. The first-order valence-electron chi connectivity index (χ1n) is 5.53. The molecular formula is C13H12N2O2S2. The van der Waals surface area contributed by atoms with Gasteiger partial charge in [0.2, 0.25) is 0 Å². The number of aromatic carboxylic acids is 1. The lowest BCUT2D eigenvalue weighted by molar-refractivity contribution is 0.0691. The van der Waals surface area contributed by atoms with Crippen molar-refractivity contribution >= 4 is 29.1 Å². The molecule has 4 nitrogen and oxygen atoms in total. The van der Waals surface area contributed by atoms with Gasteiger partial charge in [-0.3, -0.25) is 0 Å². The molecule has 0 aliphatic heterocycles. The lowest BCUT2D eigenvalue weighted by atomic mass is 10.2. The lowest BCUT2D eigenvalue weighted by Gasteiger charge is -2.08. The summed E-state index contributed by atoms with van der Waals surface area (Å²) in [5.74, 6) is 0.187. The molecule has 2 heterocycles. The van der Waals surface area contributed by atoms with E-state index in [2.05, 4.69) is 16.5 Å². The average molecular weight is 292 g/mol. The van der Waals surface area contributed by atoms with Crippen LogP contribution in [0.2, 0.25) is 0 Å². The van der Waals surface area contributed by atoms with Crippen LogP contribution in [0.1, 0.15) is 16.1 Å². The summed E-state index contributed by atoms with van der Waals surface area (Å²) in [4.78, 5) is 20.9. The average Bonchev–Trinajstić information content (AvgIpc) is 2.88. The topological polar surface area (TPSA) is 63.1 Å². The van der Waals surface area contributed by atoms with E-state index in [1.165, 1.54) is 23.1 Å². The number of carboxylic acids is 1. The second-order valence-electron chi connectivity index (χ2n) is 3.69. The second-order valence-corrected chi connectivity index (χ2v) is 5.65. The van der Waals surface area contributed by atoms with Crippen molar-refractivity contribution in [3.8, 4) is 10.7 Å². The van der Waals surface area contributed by atoms with E-state index >= 15 is 0 Å². The minimum absolute atomic E-state index is 0.173. The number of thiophene rings is 1. The molecule has 19 heavy (non-hydrogen) atoms. The predicted octanol–water partition coefficient (Wildman–Crippen LogP) is 3.49. The molecule has 6 heteroatoms. The zero-order valence-electron chi connectivity index (χ0n) is 10.3. The van der Waals surface area contributed by atoms with Crippen molar-refractivity contribution < 1.29 is 9.90 Å². The number of rotatable bonds is 5. The summed E-state index contributed by atoms with van der Waals surface area (Å²) in [6.45, 7) is 5.33. The highest BCUT2D eigenvalue weighted by Crippen LogP contribution is 2.28. The Morgan fingerprint density at radius 2 is 2.37 bits per heavy atom. The van der Waals surface area contributed by atoms with Crippen LogP contribution in [-0.2, 0) is 0 Å². The molecule has 0 fully saturated rings. The molecule has 0 aromatic carbocycles. The summed E-state index contributed by atoms with van der Waals surface area (Å²) in [5, 5.41) is 11.7. The molecule has 98 valence electrons. The van der Waals surface area contributed by atoms with Crippen molar-refractivity contribution in [2.75, 3.05) is 5.75 Å². The van der Waals surface area contributed by atoms with Crippen LogP contribution in [0.3, 0.4) is 0 Å². The maximum Gasteiger partial charge on any atom is 0.340 e. The fourth-order valence-corrected chi connectivity index (χ4v) is 3.01. The van der Waals surface area contributed by atoms with E-state index in [0.717, 1.165) is 4.88 Å². The summed E-state index contributed by atoms with van der Waals surface area (Å²) >= 11 is 2.89. The van der Waals surface area contributed by atoms with E-state index in [0.29, 0.717) is 22.3 Å². The van der Waals surface area contributed by atoms with Crippen LogP contribution in [0.5, 0.6) is 0 Å². The Morgan fingerprint density at radius 1 is 1.58 bits per heavy atom. The van der Waals surface area contributed by atoms with Crippen LogP contribution in [-0.4, -0.2) is 26.8 Å². The lowest BCUT2D eigenvalue weighted by Crippen LogP contribution is -2.07. The van der Waals surface area contributed by atoms with Gasteiger partial charge in [-0.15, -0.1) is 29.7 Å². The number of nitrogens with zero attached hydrogens (tertiary/aromatic N) is 2. The SMILES string of the molecule is C=CCSc1nc(-c2cccs2)nc(C)c1C(=O)O. The molecule has 2 aromatic rings. The number of carboxylic acid groups (broad SMARTS) is 1. The van der Waals surface area contributed by atoms with E-state index < -0.39 is 5.97 Å². The number of hydrogen-bond acceptors (Lipinski definition) is 5. The smallest absolute Gasteiger partial charge is 0.340 e. The third-order valence-electron chi connectivity index (χ3n) is 2.35. The number of hydrogen-bond donors (Lipinski definition) is 1. The summed E-state index contributed by atoms with van der Waals surface area (Å²) < 4.78 is 0. The molecule has 0 unspecified atom stereocenters. The third kappa shape index (κ3) is 3.02. The normalized spacial score (nSPS) is 10.4. The van der Waals surface area contributed by atoms with Gasteiger partial charge in [0.25, 0.3) is 0 Å². The van der Waals surface area contributed by atoms with Gasteiger partial charge < -0.3 is 5.11 Å². The van der Waals surface area contributed by atoms with Crippen LogP contribution in [0.25, 0.3) is 10.7 Å². The van der Waals surface area contributed by atoms with Gasteiger partial charge in [0.1, 0.15) is 10.6 Å². The van der Waals surface area contributed by atoms with E-state index in [4.69, 9.17) is 0 Å². The molecule has 0 aliphatic rings. The fourth-order valence-electron chi connectivity index (χ4n) is 1.55. The van der Waals surface area contributed by atoms with Crippen LogP contribution >= 0.6 is 23.1 Å². The Balaban J connectivity index is 2.53. The van der Waals surface area contributed by atoms with Crippen molar-refractivity contribution in [2.45, 2.75) is 11.9 Å². The standard InChI is InChI=1S/C13H12N2O2S2/c1-3-6-19-12-10(13(16)17)8(2)14-11(15-12)9-5-4-7-18-9/h3-5,7H,1,6H2,2H3,(H,16,17). The van der Waals surface area contributed by atoms with Crippen molar-refractivity contribution in [2.24, 2.45) is 0 Å². The number of aromatic nitrogens is 2. The Hall–Kier alpha value is -1.66. The quantitative estimate of drug-likeness (QED) is 0.519. The number of aryl methyl sites for hydroxylation is 1. The Kier molecular flexibility index (Phi) is 4.34. The molecule has 1 N–H and O–H groups in total. The van der Waals surface area contributed by atoms with Gasteiger partial charge in [0, 0.05) is 5.75 Å². The van der Waals surface area contributed by atoms with Gasteiger partial charge in [0.05, 0.1) is 10.6 Å². The zero-order valence-corrected chi connectivity index (χ0v) is 11.9. The molecule has 0 atom stereocenters. The molecule has 0 aliphatic carbocycles. The highest BCUT2D eigenvalue weighted by atomic mass is 32.2. The molecule has 2 rings (SSSR count). The number of thioether (sulfide) groups is 1. The summed E-state index contributed by atoms with van der Waals surface area (Å²) in [6, 6.07) is 3.84. The van der Waals surface area contributed by atoms with Gasteiger partial charge in [-0.1, -0.05) is 12.1 Å². The van der Waals surface area contributed by atoms with Gasteiger partial charge in [-0.25, -0.2) is 14.8 Å². The molecule has 0 amide bonds. The molecule has 0 bridgehead atoms. The van der Waals surface area contributed by atoms with E-state index in [1.54, 1.807) is 13.0 Å². The molecule has 2 aromatic heterocycles. The predicted molar refractivity (Wildman–Crippen MR) is 78.0 cm³/mol. The molecule has 0 spiro atoms. The maximum atomic E-state index is 11.3. The first kappa shape index (κ1) is 13.8. The third-order valence-corrected chi connectivity index (χ3v) is 4.19. The van der Waals surface area contributed by atoms with Crippen molar-refractivity contribution in [3.05, 3.63) is 41.4 Å². The van der Waals surface area contributed by atoms with E-state index in [9.17, 15) is 9.90 Å². The van der Waals surface area contributed by atoms with Crippen LogP contribution in [0.15, 0.2) is 35.2 Å². The monoisotopic (exact) mass is 292 g/mol. The first-order valence-corrected chi connectivity index (χ1v) is 7.39. The molecule has 0 saturated heterocycles. The van der Waals surface area contributed by atoms with Gasteiger partial charge in [-0.2, -0.15) is 0 Å². The minimum Gasteiger partial charge on any atom is -0.478 e. The highest BCUT2D eigenvalue weighted by Gasteiger charge is 2.18. The zero-order chi connectivity index (χ0) is 13.8. The molecular weight excluding hydrogens is 280 g/mol. The molecule has 0 radical (unpaired) electrons. The van der Waals surface area contributed by atoms with Gasteiger partial charge >= 0.3 is 5.97 Å². The fraction of sp³-hybridized carbons (Fsp3) is 0.154. The Bertz CT molecular complexity index is 609. The van der Waals surface area contributed by atoms with E-state index in [1.807, 2.05) is 17.5 Å². The maximum absolute atomic E-state index is 11.3. The highest BCUT2D eigenvalue weighted by molar-refractivity contribution is 7.99. The summed E-state index contributed by atoms with van der Waals surface area (Å²) in [6.07, 6.45) is 1.72. The van der Waals surface area contributed by atoms with Gasteiger partial charge in [0.15, 0.2) is 5.82 Å². The Labute approximate surface area is 119 Å². The van der Waals surface area contributed by atoms with Crippen molar-refractivity contribution in [1.82, 2.24) is 9.97 Å². The van der Waals surface area contributed by atoms with E-state index in [-0.39, 0.29) is 5.56 Å². The van der Waals surface area contributed by atoms with Crippen LogP contribution in [0.4, 0.5) is 0 Å². The largest absolute Gasteiger partial charge is 0.478 e. The van der Waals surface area contributed by atoms with Crippen molar-refractivity contribution in [3.63, 3.8) is 0 Å². The number of carbonyl (C=O) groups is 1. The summed E-state index contributed by atoms with van der Waals surface area (Å²) in [7, 11) is 0.